The summed E-state index contributed by atoms with van der Waals surface area (Å²) in [5, 5.41) is 6.39. The Kier molecular flexibility index (Phi) is 7.64. The Hall–Kier alpha value is -3.81. The van der Waals surface area contributed by atoms with Gasteiger partial charge in [-0.15, -0.1) is 0 Å². The van der Waals surface area contributed by atoms with Crippen molar-refractivity contribution < 1.29 is 18.6 Å². The quantitative estimate of drug-likeness (QED) is 0.422. The molecule has 0 radical (unpaired) electrons. The number of methoxy groups -OCH3 is 2. The number of nitrogens with zero attached hydrogens (tertiary/aromatic N) is 2. The maximum Gasteiger partial charge on any atom is 0.191 e. The summed E-state index contributed by atoms with van der Waals surface area (Å²) in [5.74, 6) is 2.19. The van der Waals surface area contributed by atoms with Gasteiger partial charge in [0.25, 0.3) is 0 Å². The smallest absolute Gasteiger partial charge is 0.191 e. The molecule has 31 heavy (non-hydrogen) atoms. The Morgan fingerprint density at radius 3 is 2.48 bits per heavy atom. The van der Waals surface area contributed by atoms with Gasteiger partial charge < -0.3 is 24.8 Å². The Morgan fingerprint density at radius 1 is 0.968 bits per heavy atom. The number of pyridine rings is 1. The van der Waals surface area contributed by atoms with E-state index in [4.69, 9.17) is 14.2 Å². The van der Waals surface area contributed by atoms with Crippen molar-refractivity contribution in [3.05, 3.63) is 77.9 Å². The van der Waals surface area contributed by atoms with Gasteiger partial charge in [0.1, 0.15) is 17.2 Å². The summed E-state index contributed by atoms with van der Waals surface area (Å²) in [6, 6.07) is 13.9. The van der Waals surface area contributed by atoms with Gasteiger partial charge in [-0.2, -0.15) is 0 Å². The molecule has 2 N–H and O–H groups in total. The summed E-state index contributed by atoms with van der Waals surface area (Å²) in [5.41, 5.74) is 1.70. The van der Waals surface area contributed by atoms with Gasteiger partial charge in [-0.05, 0) is 42.0 Å². The molecule has 1 aromatic heterocycles. The van der Waals surface area contributed by atoms with E-state index in [9.17, 15) is 4.39 Å². The number of nitrogens with one attached hydrogen (secondary N) is 2. The molecule has 3 aromatic rings. The monoisotopic (exact) mass is 424 g/mol. The zero-order chi connectivity index (χ0) is 22.1. The average molecular weight is 424 g/mol. The number of benzene rings is 2. The molecule has 162 valence electrons. The molecular weight excluding hydrogens is 399 g/mol. The second-order valence-electron chi connectivity index (χ2n) is 6.51. The topological polar surface area (TPSA) is 77.0 Å². The van der Waals surface area contributed by atoms with E-state index in [1.54, 1.807) is 51.7 Å². The standard InChI is InChI=1S/C23H25FN4O3/c1-25-23(28-14-17-7-8-18(29-2)12-22(17)30-3)27-13-16-6-9-21(20(24)11-16)31-19-5-4-10-26-15-19/h4-12,15H,13-14H2,1-3H3,(H2,25,27,28). The molecule has 0 bridgehead atoms. The van der Waals surface area contributed by atoms with Crippen LogP contribution in [0, 0.1) is 5.82 Å². The summed E-state index contributed by atoms with van der Waals surface area (Å²) in [4.78, 5) is 8.16. The molecule has 8 heteroatoms. The van der Waals surface area contributed by atoms with Crippen LogP contribution in [0.5, 0.6) is 23.0 Å². The fourth-order valence-corrected chi connectivity index (χ4v) is 2.85. The maximum absolute atomic E-state index is 14.4. The number of rotatable bonds is 8. The van der Waals surface area contributed by atoms with Gasteiger partial charge in [-0.1, -0.05) is 6.07 Å². The van der Waals surface area contributed by atoms with Crippen molar-refractivity contribution >= 4 is 5.96 Å². The molecule has 1 heterocycles. The van der Waals surface area contributed by atoms with E-state index >= 15 is 0 Å². The van der Waals surface area contributed by atoms with E-state index in [-0.39, 0.29) is 5.75 Å². The van der Waals surface area contributed by atoms with E-state index < -0.39 is 5.82 Å². The van der Waals surface area contributed by atoms with E-state index in [2.05, 4.69) is 20.6 Å². The van der Waals surface area contributed by atoms with E-state index in [0.29, 0.717) is 30.5 Å². The third-order valence-electron chi connectivity index (χ3n) is 4.48. The molecule has 2 aromatic carbocycles. The third-order valence-corrected chi connectivity index (χ3v) is 4.48. The summed E-state index contributed by atoms with van der Waals surface area (Å²) in [6.45, 7) is 0.891. The minimum atomic E-state index is -0.450. The van der Waals surface area contributed by atoms with Crippen LogP contribution in [0.3, 0.4) is 0 Å². The zero-order valence-electron chi connectivity index (χ0n) is 17.7. The first-order valence-electron chi connectivity index (χ1n) is 9.64. The van der Waals surface area contributed by atoms with Gasteiger partial charge in [-0.25, -0.2) is 4.39 Å². The van der Waals surface area contributed by atoms with Crippen LogP contribution in [-0.4, -0.2) is 32.2 Å². The Balaban J connectivity index is 1.56. The van der Waals surface area contributed by atoms with Gasteiger partial charge >= 0.3 is 0 Å². The summed E-state index contributed by atoms with van der Waals surface area (Å²) in [7, 11) is 4.90. The van der Waals surface area contributed by atoms with Crippen molar-refractivity contribution in [2.24, 2.45) is 4.99 Å². The Bertz CT molecular complexity index is 1030. The first kappa shape index (κ1) is 21.9. The summed E-state index contributed by atoms with van der Waals surface area (Å²) < 4.78 is 30.6. The van der Waals surface area contributed by atoms with Gasteiger partial charge in [0.15, 0.2) is 17.5 Å². The Labute approximate surface area is 180 Å². The molecule has 3 rings (SSSR count). The first-order valence-corrected chi connectivity index (χ1v) is 9.64. The van der Waals surface area contributed by atoms with Crippen molar-refractivity contribution in [3.8, 4) is 23.0 Å². The number of ether oxygens (including phenoxy) is 3. The molecule has 0 aliphatic rings. The third kappa shape index (κ3) is 6.08. The first-order chi connectivity index (χ1) is 15.1. The van der Waals surface area contributed by atoms with Crippen LogP contribution < -0.4 is 24.8 Å². The van der Waals surface area contributed by atoms with Gasteiger partial charge in [0.05, 0.1) is 20.4 Å². The van der Waals surface area contributed by atoms with E-state index in [0.717, 1.165) is 16.9 Å². The fraction of sp³-hybridized carbons (Fsp3) is 0.217. The molecule has 0 spiro atoms. The number of halogens is 1. The Morgan fingerprint density at radius 2 is 1.81 bits per heavy atom. The van der Waals surface area contributed by atoms with Gasteiger partial charge in [0, 0.05) is 38.0 Å². The SMILES string of the molecule is CN=C(NCc1ccc(Oc2cccnc2)c(F)c1)NCc1ccc(OC)cc1OC. The average Bonchev–Trinajstić information content (AvgIpc) is 2.81. The zero-order valence-corrected chi connectivity index (χ0v) is 17.7. The highest BCUT2D eigenvalue weighted by Gasteiger charge is 2.09. The van der Waals surface area contributed by atoms with Crippen molar-refractivity contribution in [3.63, 3.8) is 0 Å². The lowest BCUT2D eigenvalue weighted by molar-refractivity contribution is 0.390. The molecule has 0 aliphatic carbocycles. The van der Waals surface area contributed by atoms with Crippen LogP contribution in [0.2, 0.25) is 0 Å². The van der Waals surface area contributed by atoms with E-state index in [1.165, 1.54) is 12.3 Å². The highest BCUT2D eigenvalue weighted by Crippen LogP contribution is 2.25. The number of aliphatic imine (C=N–C) groups is 1. The lowest BCUT2D eigenvalue weighted by Crippen LogP contribution is -2.36. The number of hydrogen-bond donors (Lipinski definition) is 2. The molecule has 0 amide bonds. The van der Waals surface area contributed by atoms with Crippen LogP contribution in [-0.2, 0) is 13.1 Å². The molecule has 0 aliphatic heterocycles. The highest BCUT2D eigenvalue weighted by atomic mass is 19.1. The molecular formula is C23H25FN4O3. The maximum atomic E-state index is 14.4. The lowest BCUT2D eigenvalue weighted by Gasteiger charge is -2.15. The lowest BCUT2D eigenvalue weighted by atomic mass is 10.2. The van der Waals surface area contributed by atoms with Crippen molar-refractivity contribution in [2.75, 3.05) is 21.3 Å². The molecule has 0 atom stereocenters. The number of guanidine groups is 1. The largest absolute Gasteiger partial charge is 0.497 e. The van der Waals surface area contributed by atoms with E-state index in [1.807, 2.05) is 18.2 Å². The van der Waals surface area contributed by atoms with Crippen LogP contribution in [0.25, 0.3) is 0 Å². The summed E-state index contributed by atoms with van der Waals surface area (Å²) in [6.07, 6.45) is 3.16. The van der Waals surface area contributed by atoms with Crippen LogP contribution in [0.4, 0.5) is 4.39 Å². The molecule has 0 saturated carbocycles. The predicted octanol–water partition coefficient (Wildman–Crippen LogP) is 3.90. The van der Waals surface area contributed by atoms with Crippen LogP contribution >= 0.6 is 0 Å². The highest BCUT2D eigenvalue weighted by molar-refractivity contribution is 5.79. The molecule has 0 saturated heterocycles. The molecule has 0 unspecified atom stereocenters. The molecule has 0 fully saturated rings. The van der Waals surface area contributed by atoms with Gasteiger partial charge in [-0.3, -0.25) is 9.98 Å². The van der Waals surface area contributed by atoms with Crippen molar-refractivity contribution in [1.29, 1.82) is 0 Å². The number of hydrogen-bond acceptors (Lipinski definition) is 5. The second-order valence-corrected chi connectivity index (χ2v) is 6.51. The van der Waals surface area contributed by atoms with Gasteiger partial charge in [0.2, 0.25) is 0 Å². The predicted molar refractivity (Wildman–Crippen MR) is 117 cm³/mol. The normalized spacial score (nSPS) is 11.0. The minimum absolute atomic E-state index is 0.144. The van der Waals surface area contributed by atoms with Crippen LogP contribution in [0.15, 0.2) is 65.9 Å². The fourth-order valence-electron chi connectivity index (χ4n) is 2.85. The van der Waals surface area contributed by atoms with Crippen molar-refractivity contribution in [1.82, 2.24) is 15.6 Å². The van der Waals surface area contributed by atoms with Crippen LogP contribution in [0.1, 0.15) is 11.1 Å². The van der Waals surface area contributed by atoms with Crippen molar-refractivity contribution in [2.45, 2.75) is 13.1 Å². The number of aromatic nitrogens is 1. The minimum Gasteiger partial charge on any atom is -0.497 e. The second kappa shape index (κ2) is 10.8. The summed E-state index contributed by atoms with van der Waals surface area (Å²) >= 11 is 0. The molecule has 7 nitrogen and oxygen atoms in total.